The smallest absolute Gasteiger partial charge is 0.472 e. The van der Waals surface area contributed by atoms with Gasteiger partial charge in [-0.3, -0.25) is 23.4 Å². The lowest BCUT2D eigenvalue weighted by molar-refractivity contribution is -0.161. The number of carboxylic acid groups (broad SMARTS) is 1. The van der Waals surface area contributed by atoms with E-state index < -0.39 is 51.1 Å². The van der Waals surface area contributed by atoms with Crippen molar-refractivity contribution in [2.75, 3.05) is 19.8 Å². The number of carbonyl (C=O) groups is 3. The molecule has 0 amide bonds. The molecule has 0 bridgehead atoms. The number of phosphoric acid groups is 1. The zero-order chi connectivity index (χ0) is 41.4. The van der Waals surface area contributed by atoms with Crippen molar-refractivity contribution >= 4 is 25.7 Å². The molecule has 0 aliphatic rings. The maximum absolute atomic E-state index is 12.6. The van der Waals surface area contributed by atoms with E-state index in [9.17, 15) is 23.8 Å². The lowest BCUT2D eigenvalue weighted by atomic mass is 10.0. The van der Waals surface area contributed by atoms with Crippen molar-refractivity contribution in [3.8, 4) is 0 Å². The molecule has 0 saturated heterocycles. The highest BCUT2D eigenvalue weighted by Gasteiger charge is 2.28. The van der Waals surface area contributed by atoms with Gasteiger partial charge >= 0.3 is 25.7 Å². The van der Waals surface area contributed by atoms with Crippen LogP contribution < -0.4 is 5.73 Å². The van der Waals surface area contributed by atoms with E-state index in [0.717, 1.165) is 57.8 Å². The second-order valence-corrected chi connectivity index (χ2v) is 16.6. The largest absolute Gasteiger partial charge is 0.480 e. The van der Waals surface area contributed by atoms with Crippen LogP contribution in [0, 0.1) is 0 Å². The van der Waals surface area contributed by atoms with Gasteiger partial charge in [0.05, 0.1) is 13.2 Å². The summed E-state index contributed by atoms with van der Waals surface area (Å²) in [6.45, 7) is 2.79. The zero-order valence-electron chi connectivity index (χ0n) is 35.5. The number of rotatable bonds is 42. The Morgan fingerprint density at radius 3 is 1.43 bits per heavy atom. The Labute approximate surface area is 340 Å². The number of aliphatic carboxylic acids is 1. The number of ether oxygens (including phenoxy) is 2. The maximum Gasteiger partial charge on any atom is 0.472 e. The Bertz CT molecular complexity index is 1050. The summed E-state index contributed by atoms with van der Waals surface area (Å²) in [4.78, 5) is 46.0. The molecule has 0 spiro atoms. The lowest BCUT2D eigenvalue weighted by Crippen LogP contribution is -2.34. The Hall–Kier alpha value is -2.04. The zero-order valence-corrected chi connectivity index (χ0v) is 36.4. The topological polar surface area (TPSA) is 172 Å². The van der Waals surface area contributed by atoms with Gasteiger partial charge in [0.25, 0.3) is 0 Å². The first-order chi connectivity index (χ1) is 27.1. The van der Waals surface area contributed by atoms with Crippen LogP contribution in [0.5, 0.6) is 0 Å². The van der Waals surface area contributed by atoms with Crippen LogP contribution in [0.25, 0.3) is 0 Å². The number of phosphoric ester groups is 1. The normalized spacial score (nSPS) is 13.9. The van der Waals surface area contributed by atoms with Crippen molar-refractivity contribution in [1.82, 2.24) is 0 Å². The lowest BCUT2D eigenvalue weighted by Gasteiger charge is -2.20. The summed E-state index contributed by atoms with van der Waals surface area (Å²) in [5, 5.41) is 8.89. The van der Waals surface area contributed by atoms with Crippen LogP contribution in [-0.4, -0.2) is 59.9 Å². The van der Waals surface area contributed by atoms with Crippen molar-refractivity contribution in [2.24, 2.45) is 5.73 Å². The molecule has 0 rings (SSSR count). The third-order valence-electron chi connectivity index (χ3n) is 9.70. The minimum Gasteiger partial charge on any atom is -0.480 e. The van der Waals surface area contributed by atoms with E-state index in [-0.39, 0.29) is 19.4 Å². The number of hydrogen-bond donors (Lipinski definition) is 3. The predicted molar refractivity (Wildman–Crippen MR) is 226 cm³/mol. The molecule has 0 aliphatic heterocycles. The fourth-order valence-electron chi connectivity index (χ4n) is 6.15. The number of unbranched alkanes of at least 4 members (excludes halogenated alkanes) is 24. The molecule has 11 nitrogen and oxygen atoms in total. The molecule has 0 aromatic heterocycles. The number of nitrogens with two attached hydrogens (primary N) is 1. The molecule has 12 heteroatoms. The minimum absolute atomic E-state index is 0.155. The van der Waals surface area contributed by atoms with Crippen LogP contribution in [-0.2, 0) is 37.5 Å². The van der Waals surface area contributed by atoms with Crippen LogP contribution in [0.3, 0.4) is 0 Å². The molecule has 0 saturated carbocycles. The van der Waals surface area contributed by atoms with Crippen LogP contribution in [0.15, 0.2) is 24.3 Å². The van der Waals surface area contributed by atoms with Gasteiger partial charge in [0.2, 0.25) is 0 Å². The molecule has 0 radical (unpaired) electrons. The molecule has 0 fully saturated rings. The first kappa shape index (κ1) is 54.0. The first-order valence-corrected chi connectivity index (χ1v) is 23.9. The third kappa shape index (κ3) is 38.8. The molecule has 0 aromatic rings. The van der Waals surface area contributed by atoms with Gasteiger partial charge in [-0.05, 0) is 44.9 Å². The van der Waals surface area contributed by atoms with Crippen molar-refractivity contribution in [1.29, 1.82) is 0 Å². The monoisotopic (exact) mass is 816 g/mol. The average molecular weight is 816 g/mol. The quantitative estimate of drug-likeness (QED) is 0.0232. The first-order valence-electron chi connectivity index (χ1n) is 22.4. The second-order valence-electron chi connectivity index (χ2n) is 15.2. The van der Waals surface area contributed by atoms with E-state index in [1.807, 2.05) is 0 Å². The van der Waals surface area contributed by atoms with Gasteiger partial charge in [0, 0.05) is 12.8 Å². The summed E-state index contributed by atoms with van der Waals surface area (Å²) in [7, 11) is -4.71. The molecule has 1 unspecified atom stereocenters. The van der Waals surface area contributed by atoms with Crippen molar-refractivity contribution < 1.29 is 47.5 Å². The fraction of sp³-hybridized carbons (Fsp3) is 0.841. The molecular formula is C44H82NO10P. The Morgan fingerprint density at radius 1 is 0.554 bits per heavy atom. The van der Waals surface area contributed by atoms with Crippen LogP contribution >= 0.6 is 7.82 Å². The highest BCUT2D eigenvalue weighted by molar-refractivity contribution is 7.47. The van der Waals surface area contributed by atoms with Gasteiger partial charge in [0.15, 0.2) is 6.10 Å². The van der Waals surface area contributed by atoms with Gasteiger partial charge in [-0.25, -0.2) is 4.57 Å². The SMILES string of the molecule is CCCCC/C=C/C/C=C/CCCCCCCCCC(=O)O[C@H](COC(=O)CCCCCCCCCCCCCCCCC)COP(=O)(O)OC[C@H](N)C(=O)O. The average Bonchev–Trinajstić information content (AvgIpc) is 3.17. The van der Waals surface area contributed by atoms with Crippen LogP contribution in [0.2, 0.25) is 0 Å². The molecule has 0 aliphatic carbocycles. The molecule has 3 atom stereocenters. The molecule has 56 heavy (non-hydrogen) atoms. The Balaban J connectivity index is 4.34. The summed E-state index contributed by atoms with van der Waals surface area (Å²) < 4.78 is 32.7. The molecule has 328 valence electrons. The van der Waals surface area contributed by atoms with E-state index in [1.54, 1.807) is 0 Å². The fourth-order valence-corrected chi connectivity index (χ4v) is 6.93. The number of carbonyl (C=O) groups excluding carboxylic acids is 2. The van der Waals surface area contributed by atoms with E-state index in [4.69, 9.17) is 24.8 Å². The number of hydrogen-bond acceptors (Lipinski definition) is 9. The molecule has 0 heterocycles. The highest BCUT2D eigenvalue weighted by Crippen LogP contribution is 2.43. The van der Waals surface area contributed by atoms with Crippen LogP contribution in [0.1, 0.15) is 206 Å². The minimum atomic E-state index is -4.71. The van der Waals surface area contributed by atoms with Crippen molar-refractivity contribution in [3.05, 3.63) is 24.3 Å². The standard InChI is InChI=1S/C44H82NO10P/c1-3-5-7-9-11-13-15-17-19-20-22-24-26-28-30-32-34-36-43(47)55-40(38-53-56(50,51)54-39-41(45)44(48)49)37-52-42(46)35-33-31-29-27-25-23-21-18-16-14-12-10-8-6-4-2/h11,13,17,19,40-41H,3-10,12,14-16,18,20-39,45H2,1-2H3,(H,48,49)(H,50,51)/b13-11+,19-17+/t40-,41+/m1/s1. The second kappa shape index (κ2) is 39.8. The van der Waals surface area contributed by atoms with Gasteiger partial charge in [-0.1, -0.05) is 173 Å². The van der Waals surface area contributed by atoms with Gasteiger partial charge in [-0.15, -0.1) is 0 Å². The summed E-state index contributed by atoms with van der Waals surface area (Å²) in [5.41, 5.74) is 5.33. The van der Waals surface area contributed by atoms with E-state index in [0.29, 0.717) is 12.8 Å². The predicted octanol–water partition coefficient (Wildman–Crippen LogP) is 11.8. The Kier molecular flexibility index (Phi) is 38.3. The number of allylic oxidation sites excluding steroid dienone is 4. The molecular weight excluding hydrogens is 733 g/mol. The van der Waals surface area contributed by atoms with E-state index >= 15 is 0 Å². The summed E-state index contributed by atoms with van der Waals surface area (Å²) in [6, 6.07) is -1.52. The Morgan fingerprint density at radius 2 is 0.946 bits per heavy atom. The summed E-state index contributed by atoms with van der Waals surface area (Å²) >= 11 is 0. The third-order valence-corrected chi connectivity index (χ3v) is 10.7. The number of carboxylic acids is 1. The van der Waals surface area contributed by atoms with E-state index in [1.165, 1.54) is 109 Å². The van der Waals surface area contributed by atoms with Gasteiger partial charge < -0.3 is 25.2 Å². The number of esters is 2. The van der Waals surface area contributed by atoms with Crippen LogP contribution in [0.4, 0.5) is 0 Å². The summed E-state index contributed by atoms with van der Waals surface area (Å²) in [5.74, 6) is -2.38. The highest BCUT2D eigenvalue weighted by atomic mass is 31.2. The van der Waals surface area contributed by atoms with Crippen molar-refractivity contribution in [2.45, 2.75) is 219 Å². The molecule has 0 aromatic carbocycles. The van der Waals surface area contributed by atoms with E-state index in [2.05, 4.69) is 42.7 Å². The van der Waals surface area contributed by atoms with Gasteiger partial charge in [-0.2, -0.15) is 0 Å². The summed E-state index contributed by atoms with van der Waals surface area (Å²) in [6.07, 6.45) is 40.9. The van der Waals surface area contributed by atoms with Gasteiger partial charge in [0.1, 0.15) is 12.6 Å². The van der Waals surface area contributed by atoms with Crippen molar-refractivity contribution in [3.63, 3.8) is 0 Å². The maximum atomic E-state index is 12.6. The molecule has 4 N–H and O–H groups in total.